The summed E-state index contributed by atoms with van der Waals surface area (Å²) in [4.78, 5) is 4.31. The van der Waals surface area contributed by atoms with Gasteiger partial charge in [0, 0.05) is 31.8 Å². The topological polar surface area (TPSA) is 53.1 Å². The molecule has 1 rings (SSSR count). The molecule has 0 amide bonds. The van der Waals surface area contributed by atoms with Crippen molar-refractivity contribution < 1.29 is 4.74 Å². The zero-order valence-electron chi connectivity index (χ0n) is 11.2. The molecular weight excluding hydrogens is 214 g/mol. The van der Waals surface area contributed by atoms with Gasteiger partial charge in [-0.05, 0) is 19.3 Å². The Morgan fingerprint density at radius 1 is 1.35 bits per heavy atom. The van der Waals surface area contributed by atoms with E-state index in [-0.39, 0.29) is 6.04 Å². The summed E-state index contributed by atoms with van der Waals surface area (Å²) in [6, 6.07) is 0.167. The molecule has 1 aromatic rings. The van der Waals surface area contributed by atoms with Crippen LogP contribution in [-0.2, 0) is 17.7 Å². The van der Waals surface area contributed by atoms with Crippen molar-refractivity contribution >= 4 is 0 Å². The fraction of sp³-hybridized carbons (Fsp3) is 0.769. The molecule has 0 fully saturated rings. The van der Waals surface area contributed by atoms with Crippen LogP contribution in [0.5, 0.6) is 0 Å². The van der Waals surface area contributed by atoms with Crippen molar-refractivity contribution in [3.8, 4) is 0 Å². The number of rotatable bonds is 8. The van der Waals surface area contributed by atoms with Gasteiger partial charge in [-0.2, -0.15) is 0 Å². The van der Waals surface area contributed by atoms with Crippen LogP contribution < -0.4 is 5.73 Å². The van der Waals surface area contributed by atoms with E-state index >= 15 is 0 Å². The van der Waals surface area contributed by atoms with Crippen molar-refractivity contribution in [1.29, 1.82) is 0 Å². The first-order valence-electron chi connectivity index (χ1n) is 6.42. The zero-order chi connectivity index (χ0) is 12.7. The van der Waals surface area contributed by atoms with E-state index in [0.717, 1.165) is 38.3 Å². The van der Waals surface area contributed by atoms with Gasteiger partial charge in [-0.15, -0.1) is 0 Å². The Morgan fingerprint density at radius 3 is 2.76 bits per heavy atom. The van der Waals surface area contributed by atoms with E-state index in [9.17, 15) is 0 Å². The highest BCUT2D eigenvalue weighted by atomic mass is 16.5. The summed E-state index contributed by atoms with van der Waals surface area (Å²) in [6.45, 7) is 8.87. The van der Waals surface area contributed by atoms with E-state index in [1.807, 2.05) is 13.3 Å². The Hall–Kier alpha value is -0.870. The molecule has 0 radical (unpaired) electrons. The lowest BCUT2D eigenvalue weighted by atomic mass is 10.1. The molecule has 17 heavy (non-hydrogen) atoms. The molecule has 1 atom stereocenters. The van der Waals surface area contributed by atoms with Gasteiger partial charge in [0.1, 0.15) is 0 Å². The van der Waals surface area contributed by atoms with Gasteiger partial charge < -0.3 is 15.0 Å². The van der Waals surface area contributed by atoms with Gasteiger partial charge in [-0.3, -0.25) is 0 Å². The Balaban J connectivity index is 2.16. The first kappa shape index (κ1) is 14.2. The fourth-order valence-electron chi connectivity index (χ4n) is 1.56. The third kappa shape index (κ3) is 6.44. The molecule has 0 bridgehead atoms. The lowest BCUT2D eigenvalue weighted by molar-refractivity contribution is 0.116. The molecule has 0 saturated heterocycles. The number of ether oxygens (including phenoxy) is 1. The summed E-state index contributed by atoms with van der Waals surface area (Å²) in [7, 11) is 0. The number of hydrogen-bond donors (Lipinski definition) is 1. The van der Waals surface area contributed by atoms with Crippen LogP contribution in [0.3, 0.4) is 0 Å². The molecule has 1 unspecified atom stereocenters. The average Bonchev–Trinajstić information content (AvgIpc) is 2.63. The number of nitrogens with two attached hydrogens (primary N) is 1. The molecule has 0 spiro atoms. The van der Waals surface area contributed by atoms with Crippen LogP contribution in [0, 0.1) is 5.92 Å². The highest BCUT2D eigenvalue weighted by molar-refractivity contribution is 4.98. The minimum absolute atomic E-state index is 0.167. The highest BCUT2D eigenvalue weighted by Gasteiger charge is 2.02. The van der Waals surface area contributed by atoms with Crippen LogP contribution in [0.1, 0.15) is 32.9 Å². The zero-order valence-corrected chi connectivity index (χ0v) is 11.2. The number of imidazole rings is 1. The van der Waals surface area contributed by atoms with Crippen molar-refractivity contribution in [3.63, 3.8) is 0 Å². The van der Waals surface area contributed by atoms with Crippen LogP contribution in [0.15, 0.2) is 12.5 Å². The summed E-state index contributed by atoms with van der Waals surface area (Å²) in [5.74, 6) is 0.709. The van der Waals surface area contributed by atoms with Gasteiger partial charge in [0.15, 0.2) is 0 Å². The Labute approximate surface area is 104 Å². The molecule has 98 valence electrons. The maximum atomic E-state index is 5.73. The highest BCUT2D eigenvalue weighted by Crippen LogP contribution is 2.01. The van der Waals surface area contributed by atoms with Crippen LogP contribution in [0.4, 0.5) is 0 Å². The third-order valence-electron chi connectivity index (χ3n) is 2.55. The van der Waals surface area contributed by atoms with Gasteiger partial charge in [0.25, 0.3) is 0 Å². The normalized spacial score (nSPS) is 13.2. The molecule has 2 N–H and O–H groups in total. The SMILES string of the molecule is CC(C)CCOCCn1cnc(CC(C)N)c1. The van der Waals surface area contributed by atoms with E-state index in [1.54, 1.807) is 0 Å². The summed E-state index contributed by atoms with van der Waals surface area (Å²) in [5, 5.41) is 0. The van der Waals surface area contributed by atoms with Crippen molar-refractivity contribution in [2.45, 2.75) is 46.2 Å². The first-order valence-corrected chi connectivity index (χ1v) is 6.42. The Kier molecular flexibility index (Phi) is 6.22. The van der Waals surface area contributed by atoms with E-state index in [0.29, 0.717) is 5.92 Å². The molecule has 0 aliphatic carbocycles. The molecule has 0 aliphatic heterocycles. The number of hydrogen-bond acceptors (Lipinski definition) is 3. The van der Waals surface area contributed by atoms with Crippen LogP contribution in [0.25, 0.3) is 0 Å². The van der Waals surface area contributed by atoms with E-state index < -0.39 is 0 Å². The maximum Gasteiger partial charge on any atom is 0.0950 e. The molecule has 1 heterocycles. The second-order valence-corrected chi connectivity index (χ2v) is 5.08. The monoisotopic (exact) mass is 239 g/mol. The standard InChI is InChI=1S/C13H25N3O/c1-11(2)4-6-17-7-5-16-9-13(15-10-16)8-12(3)14/h9-12H,4-8,14H2,1-3H3. The van der Waals surface area contributed by atoms with E-state index in [4.69, 9.17) is 10.5 Å². The van der Waals surface area contributed by atoms with E-state index in [2.05, 4.69) is 29.6 Å². The quantitative estimate of drug-likeness (QED) is 0.704. The van der Waals surface area contributed by atoms with Crippen molar-refractivity contribution in [2.75, 3.05) is 13.2 Å². The smallest absolute Gasteiger partial charge is 0.0950 e. The molecule has 1 aromatic heterocycles. The van der Waals surface area contributed by atoms with Crippen molar-refractivity contribution in [1.82, 2.24) is 9.55 Å². The van der Waals surface area contributed by atoms with Crippen LogP contribution in [0.2, 0.25) is 0 Å². The molecule has 0 aliphatic rings. The lowest BCUT2D eigenvalue weighted by Crippen LogP contribution is -2.17. The molecular formula is C13H25N3O. The van der Waals surface area contributed by atoms with Gasteiger partial charge in [0.05, 0.1) is 18.6 Å². The van der Waals surface area contributed by atoms with Crippen molar-refractivity contribution in [3.05, 3.63) is 18.2 Å². The molecule has 4 heteroatoms. The van der Waals surface area contributed by atoms with Crippen LogP contribution in [-0.4, -0.2) is 28.8 Å². The van der Waals surface area contributed by atoms with Gasteiger partial charge in [0.2, 0.25) is 0 Å². The minimum atomic E-state index is 0.167. The maximum absolute atomic E-state index is 5.73. The summed E-state index contributed by atoms with van der Waals surface area (Å²) in [6.07, 6.45) is 5.86. The summed E-state index contributed by atoms with van der Waals surface area (Å²) in [5.41, 5.74) is 6.79. The lowest BCUT2D eigenvalue weighted by Gasteiger charge is -2.06. The minimum Gasteiger partial charge on any atom is -0.380 e. The average molecular weight is 239 g/mol. The Morgan fingerprint density at radius 2 is 2.12 bits per heavy atom. The Bertz CT molecular complexity index is 307. The third-order valence-corrected chi connectivity index (χ3v) is 2.55. The second-order valence-electron chi connectivity index (χ2n) is 5.08. The predicted molar refractivity (Wildman–Crippen MR) is 69.9 cm³/mol. The molecule has 0 saturated carbocycles. The van der Waals surface area contributed by atoms with Crippen molar-refractivity contribution in [2.24, 2.45) is 11.7 Å². The second kappa shape index (κ2) is 7.45. The van der Waals surface area contributed by atoms with Gasteiger partial charge >= 0.3 is 0 Å². The van der Waals surface area contributed by atoms with Crippen LogP contribution >= 0.6 is 0 Å². The largest absolute Gasteiger partial charge is 0.380 e. The van der Waals surface area contributed by atoms with Gasteiger partial charge in [-0.1, -0.05) is 13.8 Å². The predicted octanol–water partition coefficient (Wildman–Crippen LogP) is 1.84. The molecule has 4 nitrogen and oxygen atoms in total. The molecule has 0 aromatic carbocycles. The number of nitrogens with zero attached hydrogens (tertiary/aromatic N) is 2. The summed E-state index contributed by atoms with van der Waals surface area (Å²) < 4.78 is 7.63. The van der Waals surface area contributed by atoms with Gasteiger partial charge in [-0.25, -0.2) is 4.98 Å². The number of aromatic nitrogens is 2. The summed E-state index contributed by atoms with van der Waals surface area (Å²) >= 11 is 0. The fourth-order valence-corrected chi connectivity index (χ4v) is 1.56. The first-order chi connectivity index (χ1) is 8.08. The van der Waals surface area contributed by atoms with E-state index in [1.165, 1.54) is 0 Å².